The van der Waals surface area contributed by atoms with Gasteiger partial charge in [-0.05, 0) is 38.5 Å². The zero-order valence-corrected chi connectivity index (χ0v) is 30.8. The normalized spacial score (nSPS) is 13.9. The first kappa shape index (κ1) is 45.0. The van der Waals surface area contributed by atoms with E-state index < -0.39 is 13.9 Å². The molecule has 0 saturated heterocycles. The molecule has 0 heterocycles. The zero-order valence-electron chi connectivity index (χ0n) is 29.9. The van der Waals surface area contributed by atoms with Gasteiger partial charge in [0.1, 0.15) is 12.7 Å². The maximum atomic E-state index is 12.5. The maximum Gasteiger partial charge on any atom is 0.472 e. The first-order valence-corrected chi connectivity index (χ1v) is 20.4. The molecule has 0 radical (unpaired) electrons. The minimum atomic E-state index is -4.24. The van der Waals surface area contributed by atoms with E-state index in [-0.39, 0.29) is 32.2 Å². The van der Waals surface area contributed by atoms with Crippen molar-refractivity contribution in [2.24, 2.45) is 0 Å². The van der Waals surface area contributed by atoms with Crippen molar-refractivity contribution in [1.29, 1.82) is 0 Å². The van der Waals surface area contributed by atoms with Gasteiger partial charge < -0.3 is 20.1 Å². The number of carbonyl (C=O) groups excluding carboxylic acids is 1. The molecule has 272 valence electrons. The highest BCUT2D eigenvalue weighted by Gasteiger charge is 2.25. The molecular weight excluding hydrogens is 601 g/mol. The average molecular weight is 675 g/mol. The lowest BCUT2D eigenvalue weighted by molar-refractivity contribution is -0.371. The third-order valence-corrected chi connectivity index (χ3v) is 8.91. The van der Waals surface area contributed by atoms with E-state index in [1.165, 1.54) is 122 Å². The van der Waals surface area contributed by atoms with Gasteiger partial charge in [0.05, 0.1) is 26.4 Å². The first-order chi connectivity index (χ1) is 22.4. The number of carbonyl (C=O) groups is 1. The Kier molecular flexibility index (Phi) is 34.5. The SMILES string of the molecule is CCCCCCCC/C=C\CCCC(=O)O[C@H](COC/C=C/CCCCCCCCCCCCCCC)COP(=O)(O)OCC[NH3+]. The number of esters is 1. The molecule has 0 saturated carbocycles. The van der Waals surface area contributed by atoms with E-state index in [9.17, 15) is 14.3 Å². The van der Waals surface area contributed by atoms with Crippen LogP contribution in [-0.4, -0.2) is 49.9 Å². The second kappa shape index (κ2) is 35.3. The molecule has 0 spiro atoms. The third-order valence-electron chi connectivity index (χ3n) is 7.92. The molecule has 0 rings (SSSR count). The Bertz CT molecular complexity index is 762. The maximum absolute atomic E-state index is 12.5. The smallest absolute Gasteiger partial charge is 0.457 e. The molecule has 4 N–H and O–H groups in total. The van der Waals surface area contributed by atoms with E-state index in [4.69, 9.17) is 18.5 Å². The Hall–Kier alpha value is -1.02. The van der Waals surface area contributed by atoms with Gasteiger partial charge >= 0.3 is 13.8 Å². The summed E-state index contributed by atoms with van der Waals surface area (Å²) < 4.78 is 33.2. The number of hydrogen-bond donors (Lipinski definition) is 2. The summed E-state index contributed by atoms with van der Waals surface area (Å²) in [5.41, 5.74) is 3.59. The van der Waals surface area contributed by atoms with E-state index in [1.807, 2.05) is 6.08 Å². The molecule has 0 aliphatic rings. The quantitative estimate of drug-likeness (QED) is 0.0294. The van der Waals surface area contributed by atoms with Crippen LogP contribution in [0.3, 0.4) is 0 Å². The number of hydrogen-bond acceptors (Lipinski definition) is 6. The van der Waals surface area contributed by atoms with Crippen molar-refractivity contribution in [2.45, 2.75) is 174 Å². The van der Waals surface area contributed by atoms with Gasteiger partial charge in [-0.15, -0.1) is 0 Å². The van der Waals surface area contributed by atoms with E-state index >= 15 is 0 Å². The van der Waals surface area contributed by atoms with Gasteiger partial charge in [-0.25, -0.2) is 4.57 Å². The number of allylic oxidation sites excluding steroid dienone is 3. The number of rotatable bonds is 36. The molecule has 0 aliphatic carbocycles. The standard InChI is InChI=1S/C37H72NO7P/c1-3-5-7-9-11-13-15-16-17-18-19-21-23-25-27-29-32-42-34-36(35-44-46(40,41)43-33-31-38)45-37(39)30-28-26-24-22-20-14-12-10-8-6-4-2/h22,24,27,29,36H,3-21,23,25-26,28,30-35,38H2,1-2H3,(H,40,41)/p+1/b24-22-,29-27+/t36-/m1/s1. The summed E-state index contributed by atoms with van der Waals surface area (Å²) in [4.78, 5) is 22.3. The Balaban J connectivity index is 4.14. The van der Waals surface area contributed by atoms with Crippen molar-refractivity contribution in [3.8, 4) is 0 Å². The Labute approximate surface area is 283 Å². The number of unbranched alkanes of at least 4 members (excludes halogenated alkanes) is 20. The fraction of sp³-hybridized carbons (Fsp3) is 0.865. The minimum absolute atomic E-state index is 0.00512. The molecule has 0 bridgehead atoms. The van der Waals surface area contributed by atoms with Crippen LogP contribution in [0.2, 0.25) is 0 Å². The largest absolute Gasteiger partial charge is 0.472 e. The molecule has 9 heteroatoms. The monoisotopic (exact) mass is 675 g/mol. The van der Waals surface area contributed by atoms with E-state index in [0.717, 1.165) is 19.3 Å². The van der Waals surface area contributed by atoms with Crippen molar-refractivity contribution in [2.75, 3.05) is 33.0 Å². The lowest BCUT2D eigenvalue weighted by Gasteiger charge is -2.19. The predicted octanol–water partition coefficient (Wildman–Crippen LogP) is 9.80. The highest BCUT2D eigenvalue weighted by molar-refractivity contribution is 7.47. The molecule has 0 aromatic heterocycles. The van der Waals surface area contributed by atoms with Crippen LogP contribution in [0.1, 0.15) is 168 Å². The molecule has 0 fully saturated rings. The van der Waals surface area contributed by atoms with Crippen molar-refractivity contribution < 1.29 is 38.5 Å². The average Bonchev–Trinajstić information content (AvgIpc) is 3.04. The fourth-order valence-electron chi connectivity index (χ4n) is 5.13. The number of ether oxygens (including phenoxy) is 2. The van der Waals surface area contributed by atoms with Gasteiger partial charge in [-0.3, -0.25) is 13.8 Å². The molecule has 8 nitrogen and oxygen atoms in total. The molecule has 0 aromatic carbocycles. The molecule has 1 unspecified atom stereocenters. The van der Waals surface area contributed by atoms with Crippen molar-refractivity contribution in [1.82, 2.24) is 0 Å². The van der Waals surface area contributed by atoms with Crippen molar-refractivity contribution >= 4 is 13.8 Å². The van der Waals surface area contributed by atoms with Crippen LogP contribution in [0, 0.1) is 0 Å². The Morgan fingerprint density at radius 2 is 1.11 bits per heavy atom. The van der Waals surface area contributed by atoms with Crippen LogP contribution >= 0.6 is 7.82 Å². The predicted molar refractivity (Wildman–Crippen MR) is 191 cm³/mol. The molecule has 0 amide bonds. The highest BCUT2D eigenvalue weighted by Crippen LogP contribution is 2.43. The van der Waals surface area contributed by atoms with Crippen LogP contribution in [0.15, 0.2) is 24.3 Å². The van der Waals surface area contributed by atoms with Crippen LogP contribution in [0.25, 0.3) is 0 Å². The van der Waals surface area contributed by atoms with Gasteiger partial charge in [0.2, 0.25) is 0 Å². The third kappa shape index (κ3) is 34.3. The summed E-state index contributed by atoms with van der Waals surface area (Å²) in [6.45, 7) is 5.02. The number of quaternary nitrogens is 1. The van der Waals surface area contributed by atoms with Crippen LogP contribution in [-0.2, 0) is 27.9 Å². The summed E-state index contributed by atoms with van der Waals surface area (Å²) in [5.74, 6) is -0.370. The van der Waals surface area contributed by atoms with Crippen LogP contribution in [0.5, 0.6) is 0 Å². The van der Waals surface area contributed by atoms with Crippen LogP contribution < -0.4 is 5.73 Å². The van der Waals surface area contributed by atoms with Gasteiger partial charge in [0, 0.05) is 6.42 Å². The molecule has 46 heavy (non-hydrogen) atoms. The highest BCUT2D eigenvalue weighted by atomic mass is 31.2. The zero-order chi connectivity index (χ0) is 33.8. The summed E-state index contributed by atoms with van der Waals surface area (Å²) in [5, 5.41) is 0. The van der Waals surface area contributed by atoms with E-state index in [2.05, 4.69) is 37.8 Å². The number of phosphoric ester groups is 1. The topological polar surface area (TPSA) is 119 Å². The van der Waals surface area contributed by atoms with Crippen LogP contribution in [0.4, 0.5) is 0 Å². The first-order valence-electron chi connectivity index (χ1n) is 18.9. The second-order valence-corrected chi connectivity index (χ2v) is 14.0. The molecule has 0 aromatic rings. The summed E-state index contributed by atoms with van der Waals surface area (Å²) in [7, 11) is -4.24. The second-order valence-electron chi connectivity index (χ2n) is 12.5. The van der Waals surface area contributed by atoms with Crippen molar-refractivity contribution in [3.63, 3.8) is 0 Å². The number of phosphoric acid groups is 1. The minimum Gasteiger partial charge on any atom is -0.457 e. The lowest BCUT2D eigenvalue weighted by atomic mass is 10.0. The Morgan fingerprint density at radius 3 is 1.61 bits per heavy atom. The lowest BCUT2D eigenvalue weighted by Crippen LogP contribution is -2.52. The molecular formula is C37H73NO7P+. The fourth-order valence-corrected chi connectivity index (χ4v) is 5.92. The van der Waals surface area contributed by atoms with E-state index in [0.29, 0.717) is 19.6 Å². The molecule has 0 aliphatic heterocycles. The van der Waals surface area contributed by atoms with Gasteiger partial charge in [0.15, 0.2) is 0 Å². The van der Waals surface area contributed by atoms with Gasteiger partial charge in [0.25, 0.3) is 0 Å². The summed E-state index contributed by atoms with van der Waals surface area (Å²) >= 11 is 0. The van der Waals surface area contributed by atoms with E-state index in [1.54, 1.807) is 0 Å². The van der Waals surface area contributed by atoms with Gasteiger partial charge in [-0.1, -0.05) is 147 Å². The summed E-state index contributed by atoms with van der Waals surface area (Å²) in [6, 6.07) is 0. The Morgan fingerprint density at radius 1 is 0.652 bits per heavy atom. The van der Waals surface area contributed by atoms with Gasteiger partial charge in [-0.2, -0.15) is 0 Å². The summed E-state index contributed by atoms with van der Waals surface area (Å²) in [6.07, 6.45) is 36.8. The van der Waals surface area contributed by atoms with Crippen molar-refractivity contribution in [3.05, 3.63) is 24.3 Å². The molecule has 2 atom stereocenters.